The second-order valence-corrected chi connectivity index (χ2v) is 14.6. The van der Waals surface area contributed by atoms with Crippen LogP contribution >= 0.6 is 0 Å². The molecule has 2 aliphatic heterocycles. The van der Waals surface area contributed by atoms with Gasteiger partial charge < -0.3 is 21.1 Å². The Labute approximate surface area is 245 Å². The first-order chi connectivity index (χ1) is 19.8. The number of aryl methyl sites for hydroxylation is 1. The molecular formula is C27H35N5O8S2. The minimum atomic E-state index is -4.04. The highest BCUT2D eigenvalue weighted by molar-refractivity contribution is 7.91. The number of carboxylic acid groups (broad SMARTS) is 1. The van der Waals surface area contributed by atoms with Crippen molar-refractivity contribution in [3.8, 4) is 0 Å². The number of benzene rings is 1. The first kappa shape index (κ1) is 31.4. The number of aromatic nitrogens is 1. The summed E-state index contributed by atoms with van der Waals surface area (Å²) in [6.07, 6.45) is 7.21. The quantitative estimate of drug-likeness (QED) is 0.232. The molecule has 2 amide bonds. The molecule has 1 aromatic carbocycles. The highest BCUT2D eigenvalue weighted by Gasteiger charge is 2.41. The number of nitrogens with one attached hydrogen (secondary N) is 3. The van der Waals surface area contributed by atoms with Crippen LogP contribution in [0.25, 0.3) is 0 Å². The number of hydrogen-bond donors (Lipinski definition) is 4. The molecule has 0 saturated carbocycles. The molecule has 2 aliphatic rings. The van der Waals surface area contributed by atoms with Gasteiger partial charge in [-0.25, -0.2) is 26.6 Å². The third kappa shape index (κ3) is 7.83. The molecule has 4 N–H and O–H groups in total. The zero-order valence-corrected chi connectivity index (χ0v) is 24.8. The van der Waals surface area contributed by atoms with Gasteiger partial charge in [-0.3, -0.25) is 9.59 Å². The molecular weight excluding hydrogens is 586 g/mol. The Balaban J connectivity index is 1.17. The van der Waals surface area contributed by atoms with Crippen LogP contribution in [0, 0.1) is 5.92 Å². The summed E-state index contributed by atoms with van der Waals surface area (Å²) in [4.78, 5) is 40.6. The predicted octanol–water partition coefficient (Wildman–Crippen LogP) is 0.779. The van der Waals surface area contributed by atoms with Crippen LogP contribution in [0.2, 0.25) is 0 Å². The van der Waals surface area contributed by atoms with E-state index in [9.17, 15) is 36.3 Å². The number of nitrogens with zero attached hydrogens (tertiary/aromatic N) is 2. The van der Waals surface area contributed by atoms with Crippen molar-refractivity contribution in [2.24, 2.45) is 5.92 Å². The van der Waals surface area contributed by atoms with Crippen molar-refractivity contribution >= 4 is 43.5 Å². The van der Waals surface area contributed by atoms with E-state index < -0.39 is 43.7 Å². The van der Waals surface area contributed by atoms with Gasteiger partial charge in [0.2, 0.25) is 21.8 Å². The van der Waals surface area contributed by atoms with Crippen molar-refractivity contribution in [3.63, 3.8) is 0 Å². The summed E-state index contributed by atoms with van der Waals surface area (Å²) in [6.45, 7) is -0.680. The molecule has 4 rings (SSSR count). The van der Waals surface area contributed by atoms with Crippen molar-refractivity contribution in [3.05, 3.63) is 48.2 Å². The van der Waals surface area contributed by atoms with E-state index in [2.05, 4.69) is 27.0 Å². The number of aliphatic carboxylic acids is 1. The minimum Gasteiger partial charge on any atom is -0.480 e. The number of fused-ring (bicyclic) bond motifs is 1. The Morgan fingerprint density at radius 1 is 1.10 bits per heavy atom. The minimum absolute atomic E-state index is 0.144. The van der Waals surface area contributed by atoms with Gasteiger partial charge in [0, 0.05) is 44.5 Å². The molecule has 0 aliphatic carbocycles. The molecule has 1 fully saturated rings. The molecule has 0 bridgehead atoms. The van der Waals surface area contributed by atoms with E-state index >= 15 is 0 Å². The van der Waals surface area contributed by atoms with Gasteiger partial charge in [0.15, 0.2) is 9.84 Å². The Kier molecular flexibility index (Phi) is 9.84. The van der Waals surface area contributed by atoms with Crippen LogP contribution in [-0.2, 0) is 40.7 Å². The van der Waals surface area contributed by atoms with Crippen LogP contribution in [0.4, 0.5) is 5.82 Å². The zero-order chi connectivity index (χ0) is 30.5. The summed E-state index contributed by atoms with van der Waals surface area (Å²) in [6, 6.07) is 7.82. The first-order valence-corrected chi connectivity index (χ1v) is 17.0. The zero-order valence-electron chi connectivity index (χ0n) is 23.2. The molecule has 2 aromatic rings. The Bertz CT molecular complexity index is 1540. The first-order valence-electron chi connectivity index (χ1n) is 13.6. The second-order valence-electron chi connectivity index (χ2n) is 10.6. The number of sulfonamides is 1. The van der Waals surface area contributed by atoms with Crippen molar-refractivity contribution in [2.45, 2.75) is 60.4 Å². The Morgan fingerprint density at radius 2 is 1.83 bits per heavy atom. The van der Waals surface area contributed by atoms with Crippen molar-refractivity contribution in [2.75, 3.05) is 31.2 Å². The Morgan fingerprint density at radius 3 is 2.55 bits per heavy atom. The van der Waals surface area contributed by atoms with E-state index in [1.54, 1.807) is 6.20 Å². The van der Waals surface area contributed by atoms with Crippen LogP contribution < -0.4 is 16.0 Å². The van der Waals surface area contributed by atoms with Gasteiger partial charge >= 0.3 is 5.97 Å². The van der Waals surface area contributed by atoms with Gasteiger partial charge in [0.25, 0.3) is 0 Å². The largest absolute Gasteiger partial charge is 0.480 e. The van der Waals surface area contributed by atoms with Crippen molar-refractivity contribution in [1.82, 2.24) is 19.9 Å². The lowest BCUT2D eigenvalue weighted by molar-refractivity contribution is -0.143. The number of carboxylic acids is 1. The molecule has 0 spiro atoms. The summed E-state index contributed by atoms with van der Waals surface area (Å²) in [7, 11) is -7.66. The maximum Gasteiger partial charge on any atom is 0.328 e. The van der Waals surface area contributed by atoms with E-state index in [0.29, 0.717) is 6.42 Å². The number of hydrogen-bond acceptors (Lipinski definition) is 9. The monoisotopic (exact) mass is 621 g/mol. The molecule has 15 heteroatoms. The third-order valence-corrected chi connectivity index (χ3v) is 10.3. The van der Waals surface area contributed by atoms with E-state index in [0.717, 1.165) is 48.1 Å². The van der Waals surface area contributed by atoms with Crippen molar-refractivity contribution < 1.29 is 36.3 Å². The van der Waals surface area contributed by atoms with E-state index in [-0.39, 0.29) is 47.8 Å². The molecule has 228 valence electrons. The number of rotatable bonds is 13. The summed E-state index contributed by atoms with van der Waals surface area (Å²) in [5.41, 5.74) is 1.20. The number of pyridine rings is 1. The molecule has 2 unspecified atom stereocenters. The number of amides is 2. The predicted molar refractivity (Wildman–Crippen MR) is 153 cm³/mol. The summed E-state index contributed by atoms with van der Waals surface area (Å²) in [5, 5.41) is 17.9. The van der Waals surface area contributed by atoms with Gasteiger partial charge in [-0.15, -0.1) is 0 Å². The third-order valence-electron chi connectivity index (χ3n) is 7.41. The fourth-order valence-electron chi connectivity index (χ4n) is 4.87. The van der Waals surface area contributed by atoms with E-state index in [4.69, 9.17) is 0 Å². The highest BCUT2D eigenvalue weighted by atomic mass is 32.2. The average molecular weight is 622 g/mol. The van der Waals surface area contributed by atoms with Gasteiger partial charge in [-0.1, -0.05) is 18.6 Å². The fraction of sp³-hybridized carbons (Fsp3) is 0.481. The van der Waals surface area contributed by atoms with Crippen LogP contribution in [0.5, 0.6) is 0 Å². The lowest BCUT2D eigenvalue weighted by Gasteiger charge is -2.37. The maximum atomic E-state index is 12.9. The molecule has 1 aromatic heterocycles. The van der Waals surface area contributed by atoms with Crippen molar-refractivity contribution in [1.29, 1.82) is 0 Å². The van der Waals surface area contributed by atoms with Crippen LogP contribution in [0.15, 0.2) is 52.4 Å². The smallest absolute Gasteiger partial charge is 0.328 e. The lowest BCUT2D eigenvalue weighted by atomic mass is 9.97. The standard InChI is InChI=1S/C27H35N5O8S2/c1-41(37,38)21-8-4-9-22(14-21)42(39,40)32-16-19(17-32)26(34)31-23(27(35)36)15-29-24(33)10-3-2-7-20-12-11-18-6-5-13-28-25(18)30-20/h4-6,8-9,13-14,19-20,23H,2-3,7,10-12,15-17H2,1H3,(H,28,30)(H,29,33)(H,31,34)(H,35,36). The second kappa shape index (κ2) is 13.2. The molecule has 42 heavy (non-hydrogen) atoms. The van der Waals surface area contributed by atoms with Gasteiger partial charge in [-0.2, -0.15) is 4.31 Å². The maximum absolute atomic E-state index is 12.9. The van der Waals surface area contributed by atoms with Crippen LogP contribution in [-0.4, -0.2) is 87.0 Å². The molecule has 2 atom stereocenters. The average Bonchev–Trinajstić information content (AvgIpc) is 2.91. The number of unbranched alkanes of at least 4 members (excludes halogenated alkanes) is 1. The van der Waals surface area contributed by atoms with Crippen LogP contribution in [0.3, 0.4) is 0 Å². The molecule has 13 nitrogen and oxygen atoms in total. The molecule has 0 radical (unpaired) electrons. The highest BCUT2D eigenvalue weighted by Crippen LogP contribution is 2.27. The number of anilines is 1. The lowest BCUT2D eigenvalue weighted by Crippen LogP contribution is -2.58. The SMILES string of the molecule is CS(=O)(=O)c1cccc(S(=O)(=O)N2CC(C(=O)NC(CNC(=O)CCCCC3CCc4cccnc4N3)C(=O)O)C2)c1. The van der Waals surface area contributed by atoms with Gasteiger partial charge in [0.1, 0.15) is 11.9 Å². The van der Waals surface area contributed by atoms with Crippen LogP contribution in [0.1, 0.15) is 37.7 Å². The number of carbonyl (C=O) groups is 3. The normalized spacial score (nSPS) is 18.2. The fourth-order valence-corrected chi connectivity index (χ4v) is 7.19. The number of sulfone groups is 1. The summed E-state index contributed by atoms with van der Waals surface area (Å²) < 4.78 is 50.3. The van der Waals surface area contributed by atoms with Gasteiger partial charge in [-0.05, 0) is 55.5 Å². The van der Waals surface area contributed by atoms with Gasteiger partial charge in [0.05, 0.1) is 15.7 Å². The van der Waals surface area contributed by atoms with E-state index in [1.165, 1.54) is 23.8 Å². The van der Waals surface area contributed by atoms with E-state index in [1.807, 2.05) is 6.07 Å². The Hall–Kier alpha value is -3.56. The summed E-state index contributed by atoms with van der Waals surface area (Å²) in [5.74, 6) is -2.18. The summed E-state index contributed by atoms with van der Waals surface area (Å²) >= 11 is 0. The molecule has 1 saturated heterocycles. The number of carbonyl (C=O) groups excluding carboxylic acids is 2. The molecule has 3 heterocycles. The topological polar surface area (TPSA) is 192 Å².